The molecule has 0 amide bonds. The predicted octanol–water partition coefficient (Wildman–Crippen LogP) is 1.71. The first-order valence-corrected chi connectivity index (χ1v) is 5.07. The molecule has 6 heteroatoms. The maximum Gasteiger partial charge on any atom is 0.182 e. The van der Waals surface area contributed by atoms with E-state index in [-0.39, 0.29) is 23.3 Å². The zero-order valence-corrected chi connectivity index (χ0v) is 9.18. The van der Waals surface area contributed by atoms with E-state index in [2.05, 4.69) is 0 Å². The Balaban J connectivity index is 2.45. The standard InChI is InChI=1S/C9H9Cl2NO3/c10-7-5(12)1-6-9(8(7)11)15-4(2-13)3-14-6/h1,4,13H,2-3,12H2. The molecule has 1 heterocycles. The van der Waals surface area contributed by atoms with Gasteiger partial charge in [-0.2, -0.15) is 0 Å². The Morgan fingerprint density at radius 3 is 2.87 bits per heavy atom. The summed E-state index contributed by atoms with van der Waals surface area (Å²) in [6.45, 7) is 0.124. The quantitative estimate of drug-likeness (QED) is 0.744. The molecule has 4 nitrogen and oxygen atoms in total. The van der Waals surface area contributed by atoms with Crippen LogP contribution in [0.4, 0.5) is 5.69 Å². The molecule has 0 saturated carbocycles. The molecule has 1 atom stereocenters. The van der Waals surface area contributed by atoms with Crippen LogP contribution in [-0.4, -0.2) is 24.4 Å². The lowest BCUT2D eigenvalue weighted by molar-refractivity contribution is 0.0458. The van der Waals surface area contributed by atoms with Gasteiger partial charge in [0.05, 0.1) is 17.3 Å². The molecule has 0 aromatic heterocycles. The van der Waals surface area contributed by atoms with Crippen molar-refractivity contribution < 1.29 is 14.6 Å². The van der Waals surface area contributed by atoms with E-state index in [1.165, 1.54) is 0 Å². The first-order chi connectivity index (χ1) is 7.13. The van der Waals surface area contributed by atoms with E-state index in [9.17, 15) is 0 Å². The first kappa shape index (κ1) is 10.7. The first-order valence-electron chi connectivity index (χ1n) is 4.31. The molecular weight excluding hydrogens is 241 g/mol. The fourth-order valence-corrected chi connectivity index (χ4v) is 1.68. The van der Waals surface area contributed by atoms with E-state index in [0.29, 0.717) is 17.2 Å². The van der Waals surface area contributed by atoms with Gasteiger partial charge in [-0.15, -0.1) is 0 Å². The lowest BCUT2D eigenvalue weighted by Crippen LogP contribution is -2.32. The van der Waals surface area contributed by atoms with Crippen molar-refractivity contribution in [2.75, 3.05) is 18.9 Å². The van der Waals surface area contributed by atoms with Crippen LogP contribution in [0.25, 0.3) is 0 Å². The third kappa shape index (κ3) is 1.80. The van der Waals surface area contributed by atoms with Gasteiger partial charge in [0, 0.05) is 6.07 Å². The smallest absolute Gasteiger partial charge is 0.182 e. The number of nitrogen functional groups attached to an aromatic ring is 1. The summed E-state index contributed by atoms with van der Waals surface area (Å²) >= 11 is 11.8. The molecule has 3 N–H and O–H groups in total. The zero-order chi connectivity index (χ0) is 11.0. The van der Waals surface area contributed by atoms with Crippen LogP contribution in [0, 0.1) is 0 Å². The summed E-state index contributed by atoms with van der Waals surface area (Å²) < 4.78 is 10.7. The van der Waals surface area contributed by atoms with Crippen LogP contribution in [-0.2, 0) is 0 Å². The van der Waals surface area contributed by atoms with Gasteiger partial charge in [0.25, 0.3) is 0 Å². The van der Waals surface area contributed by atoms with E-state index in [4.69, 9.17) is 43.5 Å². The third-order valence-electron chi connectivity index (χ3n) is 2.07. The van der Waals surface area contributed by atoms with Crippen molar-refractivity contribution in [3.05, 3.63) is 16.1 Å². The molecule has 0 fully saturated rings. The molecule has 0 saturated heterocycles. The van der Waals surface area contributed by atoms with Gasteiger partial charge in [0.2, 0.25) is 0 Å². The molecule has 0 radical (unpaired) electrons. The van der Waals surface area contributed by atoms with Crippen molar-refractivity contribution in [2.24, 2.45) is 0 Å². The largest absolute Gasteiger partial charge is 0.486 e. The average molecular weight is 250 g/mol. The number of anilines is 1. The highest BCUT2D eigenvalue weighted by molar-refractivity contribution is 6.44. The number of hydrogen-bond acceptors (Lipinski definition) is 4. The molecular formula is C9H9Cl2NO3. The molecule has 82 valence electrons. The highest BCUT2D eigenvalue weighted by Gasteiger charge is 2.25. The van der Waals surface area contributed by atoms with Gasteiger partial charge in [0.1, 0.15) is 11.6 Å². The van der Waals surface area contributed by atoms with Crippen LogP contribution in [0.3, 0.4) is 0 Å². The predicted molar refractivity (Wildman–Crippen MR) is 57.9 cm³/mol. The minimum Gasteiger partial charge on any atom is -0.486 e. The van der Waals surface area contributed by atoms with Crippen LogP contribution >= 0.6 is 23.2 Å². The lowest BCUT2D eigenvalue weighted by Gasteiger charge is -2.26. The van der Waals surface area contributed by atoms with Crippen LogP contribution in [0.5, 0.6) is 11.5 Å². The molecule has 0 aliphatic carbocycles. The van der Waals surface area contributed by atoms with Gasteiger partial charge in [-0.25, -0.2) is 0 Å². The van der Waals surface area contributed by atoms with Crippen LogP contribution in [0.1, 0.15) is 0 Å². The summed E-state index contributed by atoms with van der Waals surface area (Å²) in [5.74, 6) is 0.785. The fourth-order valence-electron chi connectivity index (χ4n) is 1.30. The maximum atomic E-state index is 8.93. The monoisotopic (exact) mass is 249 g/mol. The molecule has 1 aromatic rings. The molecule has 1 unspecified atom stereocenters. The Hall–Kier alpha value is -0.840. The van der Waals surface area contributed by atoms with Crippen molar-refractivity contribution in [1.29, 1.82) is 0 Å². The van der Waals surface area contributed by atoms with E-state index < -0.39 is 6.10 Å². The Morgan fingerprint density at radius 1 is 1.47 bits per heavy atom. The summed E-state index contributed by atoms with van der Waals surface area (Å²) in [4.78, 5) is 0. The van der Waals surface area contributed by atoms with Gasteiger partial charge < -0.3 is 20.3 Å². The summed E-state index contributed by atoms with van der Waals surface area (Å²) in [7, 11) is 0. The number of fused-ring (bicyclic) bond motifs is 1. The molecule has 1 aromatic carbocycles. The van der Waals surface area contributed by atoms with Crippen molar-refractivity contribution in [1.82, 2.24) is 0 Å². The second-order valence-corrected chi connectivity index (χ2v) is 3.91. The van der Waals surface area contributed by atoms with Crippen molar-refractivity contribution in [3.63, 3.8) is 0 Å². The van der Waals surface area contributed by atoms with Crippen molar-refractivity contribution in [3.8, 4) is 11.5 Å². The fraction of sp³-hybridized carbons (Fsp3) is 0.333. The highest BCUT2D eigenvalue weighted by Crippen LogP contribution is 2.45. The van der Waals surface area contributed by atoms with Crippen LogP contribution in [0.2, 0.25) is 10.0 Å². The molecule has 15 heavy (non-hydrogen) atoms. The van der Waals surface area contributed by atoms with E-state index in [1.807, 2.05) is 0 Å². The van der Waals surface area contributed by atoms with Gasteiger partial charge in [-0.3, -0.25) is 0 Å². The van der Waals surface area contributed by atoms with E-state index in [1.54, 1.807) is 6.07 Å². The summed E-state index contributed by atoms with van der Waals surface area (Å²) in [5, 5.41) is 9.37. The number of aliphatic hydroxyl groups is 1. The Bertz CT molecular complexity index is 397. The molecule has 1 aliphatic rings. The summed E-state index contributed by atoms with van der Waals surface area (Å²) in [6, 6.07) is 1.55. The van der Waals surface area contributed by atoms with Gasteiger partial charge in [-0.1, -0.05) is 23.2 Å². The average Bonchev–Trinajstić information content (AvgIpc) is 2.26. The molecule has 0 bridgehead atoms. The Morgan fingerprint density at radius 2 is 2.20 bits per heavy atom. The Kier molecular flexibility index (Phi) is 2.82. The van der Waals surface area contributed by atoms with Crippen LogP contribution in [0.15, 0.2) is 6.07 Å². The number of benzene rings is 1. The number of rotatable bonds is 1. The minimum atomic E-state index is -0.422. The van der Waals surface area contributed by atoms with E-state index >= 15 is 0 Å². The highest BCUT2D eigenvalue weighted by atomic mass is 35.5. The normalized spacial score (nSPS) is 19.0. The second-order valence-electron chi connectivity index (χ2n) is 3.15. The minimum absolute atomic E-state index is 0.141. The number of hydrogen-bond donors (Lipinski definition) is 2. The van der Waals surface area contributed by atoms with Gasteiger partial charge >= 0.3 is 0 Å². The number of nitrogens with two attached hydrogens (primary N) is 1. The molecule has 0 spiro atoms. The Labute approximate surface area is 96.5 Å². The maximum absolute atomic E-state index is 8.93. The topological polar surface area (TPSA) is 64.7 Å². The lowest BCUT2D eigenvalue weighted by atomic mass is 10.2. The molecule has 1 aliphatic heterocycles. The SMILES string of the molecule is Nc1cc2c(c(Cl)c1Cl)OC(CO)CO2. The number of aliphatic hydroxyl groups excluding tert-OH is 1. The van der Waals surface area contributed by atoms with Gasteiger partial charge in [0.15, 0.2) is 17.6 Å². The van der Waals surface area contributed by atoms with Crippen LogP contribution < -0.4 is 15.2 Å². The second kappa shape index (κ2) is 3.96. The van der Waals surface area contributed by atoms with Gasteiger partial charge in [-0.05, 0) is 0 Å². The summed E-state index contributed by atoms with van der Waals surface area (Å²) in [6.07, 6.45) is -0.422. The van der Waals surface area contributed by atoms with Crippen molar-refractivity contribution >= 4 is 28.9 Å². The zero-order valence-electron chi connectivity index (χ0n) is 7.67. The number of ether oxygens (including phenoxy) is 2. The van der Waals surface area contributed by atoms with E-state index in [0.717, 1.165) is 0 Å². The third-order valence-corrected chi connectivity index (χ3v) is 2.93. The molecule has 2 rings (SSSR count). The van der Waals surface area contributed by atoms with Crippen molar-refractivity contribution in [2.45, 2.75) is 6.10 Å². The number of halogens is 2. The summed E-state index contributed by atoms with van der Waals surface area (Å²) in [5.41, 5.74) is 5.95.